The normalized spacial score (nSPS) is 28.5. The zero-order valence-corrected chi connectivity index (χ0v) is 12.6. The van der Waals surface area contributed by atoms with E-state index in [0.717, 1.165) is 26.1 Å². The number of rotatable bonds is 5. The lowest BCUT2D eigenvalue weighted by atomic mass is 10.0. The van der Waals surface area contributed by atoms with Crippen molar-refractivity contribution in [3.8, 4) is 0 Å². The van der Waals surface area contributed by atoms with E-state index in [-0.39, 0.29) is 12.1 Å². The Labute approximate surface area is 121 Å². The van der Waals surface area contributed by atoms with E-state index in [2.05, 4.69) is 28.4 Å². The number of fused-ring (bicyclic) bond motifs is 1. The lowest BCUT2D eigenvalue weighted by Gasteiger charge is -2.39. The molecule has 2 aliphatic heterocycles. The fourth-order valence-corrected chi connectivity index (χ4v) is 3.41. The minimum Gasteiger partial charge on any atom is -0.373 e. The van der Waals surface area contributed by atoms with E-state index in [1.165, 1.54) is 24.9 Å². The molecule has 1 N–H and O–H groups in total. The van der Waals surface area contributed by atoms with Gasteiger partial charge in [-0.15, -0.1) is 0 Å². The quantitative estimate of drug-likeness (QED) is 0.882. The molecule has 2 saturated heterocycles. The van der Waals surface area contributed by atoms with Gasteiger partial charge in [-0.3, -0.25) is 9.58 Å². The van der Waals surface area contributed by atoms with Gasteiger partial charge in [-0.1, -0.05) is 6.92 Å². The third-order valence-electron chi connectivity index (χ3n) is 4.49. The van der Waals surface area contributed by atoms with Crippen LogP contribution >= 0.6 is 0 Å². The second kappa shape index (κ2) is 6.24. The van der Waals surface area contributed by atoms with Crippen LogP contribution in [0.1, 0.15) is 37.8 Å². The minimum absolute atomic E-state index is 0.236. The van der Waals surface area contributed by atoms with E-state index in [9.17, 15) is 0 Å². The maximum Gasteiger partial charge on any atom is 0.0898 e. The molecule has 0 spiro atoms. The lowest BCUT2D eigenvalue weighted by molar-refractivity contribution is -0.0652. The predicted octanol–water partition coefficient (Wildman–Crippen LogP) is 1.32. The van der Waals surface area contributed by atoms with Gasteiger partial charge >= 0.3 is 0 Å². The summed E-state index contributed by atoms with van der Waals surface area (Å²) in [5.41, 5.74) is 1.24. The molecule has 2 fully saturated rings. The monoisotopic (exact) mass is 278 g/mol. The molecule has 1 aromatic heterocycles. The summed E-state index contributed by atoms with van der Waals surface area (Å²) in [5.74, 6) is 0. The number of aromatic nitrogens is 2. The molecular formula is C15H26N4O. The number of nitrogens with one attached hydrogen (secondary N) is 1. The topological polar surface area (TPSA) is 42.3 Å². The maximum atomic E-state index is 6.17. The summed E-state index contributed by atoms with van der Waals surface area (Å²) < 4.78 is 8.05. The van der Waals surface area contributed by atoms with Crippen molar-refractivity contribution in [1.82, 2.24) is 20.0 Å². The number of ether oxygens (including phenoxy) is 1. The van der Waals surface area contributed by atoms with Gasteiger partial charge < -0.3 is 10.1 Å². The zero-order valence-electron chi connectivity index (χ0n) is 12.6. The lowest BCUT2D eigenvalue weighted by Crippen LogP contribution is -2.50. The summed E-state index contributed by atoms with van der Waals surface area (Å²) in [6, 6.07) is 0.914. The molecule has 0 saturated carbocycles. The summed E-state index contributed by atoms with van der Waals surface area (Å²) in [6.45, 7) is 6.38. The van der Waals surface area contributed by atoms with Crippen LogP contribution in [0.3, 0.4) is 0 Å². The van der Waals surface area contributed by atoms with Gasteiger partial charge in [0, 0.05) is 31.4 Å². The molecule has 0 bridgehead atoms. The van der Waals surface area contributed by atoms with Gasteiger partial charge in [0.15, 0.2) is 0 Å². The molecule has 3 rings (SSSR count). The predicted molar refractivity (Wildman–Crippen MR) is 78.6 cm³/mol. The summed E-state index contributed by atoms with van der Waals surface area (Å²) in [7, 11) is 1.97. The van der Waals surface area contributed by atoms with Gasteiger partial charge in [0.05, 0.1) is 24.9 Å². The molecule has 2 aliphatic rings. The van der Waals surface area contributed by atoms with E-state index in [1.54, 1.807) is 0 Å². The summed E-state index contributed by atoms with van der Waals surface area (Å²) >= 11 is 0. The van der Waals surface area contributed by atoms with Crippen molar-refractivity contribution in [2.45, 2.75) is 44.4 Å². The third kappa shape index (κ3) is 2.90. The molecule has 0 aliphatic carbocycles. The van der Waals surface area contributed by atoms with E-state index in [4.69, 9.17) is 4.74 Å². The van der Waals surface area contributed by atoms with Crippen LogP contribution in [0.25, 0.3) is 0 Å². The van der Waals surface area contributed by atoms with E-state index >= 15 is 0 Å². The maximum absolute atomic E-state index is 6.17. The van der Waals surface area contributed by atoms with Crippen LogP contribution in [0.2, 0.25) is 0 Å². The number of hydrogen-bond acceptors (Lipinski definition) is 4. The van der Waals surface area contributed by atoms with Crippen LogP contribution in [-0.2, 0) is 11.8 Å². The number of aryl methyl sites for hydroxylation is 1. The van der Waals surface area contributed by atoms with Gasteiger partial charge in [-0.05, 0) is 32.4 Å². The van der Waals surface area contributed by atoms with Crippen LogP contribution in [0.5, 0.6) is 0 Å². The van der Waals surface area contributed by atoms with E-state index in [1.807, 2.05) is 17.9 Å². The van der Waals surface area contributed by atoms with Crippen molar-refractivity contribution < 1.29 is 4.74 Å². The molecule has 3 atom stereocenters. The molecule has 5 heteroatoms. The molecular weight excluding hydrogens is 252 g/mol. The smallest absolute Gasteiger partial charge is 0.0898 e. The van der Waals surface area contributed by atoms with Crippen LogP contribution in [0.4, 0.5) is 0 Å². The first-order valence-electron chi connectivity index (χ1n) is 7.85. The molecule has 3 unspecified atom stereocenters. The highest BCUT2D eigenvalue weighted by molar-refractivity contribution is 5.13. The van der Waals surface area contributed by atoms with Gasteiger partial charge in [-0.25, -0.2) is 0 Å². The molecule has 1 aromatic rings. The largest absolute Gasteiger partial charge is 0.373 e. The van der Waals surface area contributed by atoms with Crippen LogP contribution in [0.15, 0.2) is 12.4 Å². The molecule has 0 amide bonds. The van der Waals surface area contributed by atoms with Crippen molar-refractivity contribution in [3.63, 3.8) is 0 Å². The molecule has 112 valence electrons. The Morgan fingerprint density at radius 3 is 3.20 bits per heavy atom. The highest BCUT2D eigenvalue weighted by Crippen LogP contribution is 2.28. The van der Waals surface area contributed by atoms with E-state index in [0.29, 0.717) is 6.04 Å². The molecule has 5 nitrogen and oxygen atoms in total. The number of nitrogens with zero attached hydrogens (tertiary/aromatic N) is 3. The van der Waals surface area contributed by atoms with Crippen molar-refractivity contribution in [3.05, 3.63) is 18.0 Å². The zero-order chi connectivity index (χ0) is 13.9. The Hall–Kier alpha value is -0.910. The first-order valence-corrected chi connectivity index (χ1v) is 7.85. The fourth-order valence-electron chi connectivity index (χ4n) is 3.41. The Balaban J connectivity index is 1.71. The summed E-state index contributed by atoms with van der Waals surface area (Å²) in [6.07, 6.45) is 8.06. The first kappa shape index (κ1) is 14.0. The van der Waals surface area contributed by atoms with Gasteiger partial charge in [0.25, 0.3) is 0 Å². The Morgan fingerprint density at radius 1 is 1.55 bits per heavy atom. The van der Waals surface area contributed by atoms with Crippen molar-refractivity contribution >= 4 is 0 Å². The number of morpholine rings is 1. The molecule has 0 aromatic carbocycles. The summed E-state index contributed by atoms with van der Waals surface area (Å²) in [4.78, 5) is 2.60. The second-order valence-electron chi connectivity index (χ2n) is 6.04. The Morgan fingerprint density at radius 2 is 2.45 bits per heavy atom. The van der Waals surface area contributed by atoms with Crippen molar-refractivity contribution in [2.24, 2.45) is 7.05 Å². The number of hydrogen-bond donors (Lipinski definition) is 1. The SMILES string of the molecule is CCCNC(c1cnn(C)c1)C1CN2CCCC2CO1. The third-order valence-corrected chi connectivity index (χ3v) is 4.49. The Kier molecular flexibility index (Phi) is 4.38. The van der Waals surface area contributed by atoms with E-state index < -0.39 is 0 Å². The first-order chi connectivity index (χ1) is 9.78. The van der Waals surface area contributed by atoms with Crippen molar-refractivity contribution in [1.29, 1.82) is 0 Å². The summed E-state index contributed by atoms with van der Waals surface area (Å²) in [5, 5.41) is 7.96. The average molecular weight is 278 g/mol. The van der Waals surface area contributed by atoms with Gasteiger partial charge in [0.1, 0.15) is 0 Å². The van der Waals surface area contributed by atoms with Crippen LogP contribution < -0.4 is 5.32 Å². The fraction of sp³-hybridized carbons (Fsp3) is 0.800. The highest BCUT2D eigenvalue weighted by atomic mass is 16.5. The highest BCUT2D eigenvalue weighted by Gasteiger charge is 2.36. The Bertz CT molecular complexity index is 433. The average Bonchev–Trinajstić information content (AvgIpc) is 3.07. The van der Waals surface area contributed by atoms with Gasteiger partial charge in [-0.2, -0.15) is 5.10 Å². The molecule has 3 heterocycles. The standard InChI is InChI=1S/C15H26N4O/c1-3-6-16-15(12-8-17-18(2)9-12)14-10-19-7-4-5-13(19)11-20-14/h8-9,13-16H,3-7,10-11H2,1-2H3. The minimum atomic E-state index is 0.236. The van der Waals surface area contributed by atoms with Crippen molar-refractivity contribution in [2.75, 3.05) is 26.2 Å². The van der Waals surface area contributed by atoms with Gasteiger partial charge in [0.2, 0.25) is 0 Å². The molecule has 0 radical (unpaired) electrons. The van der Waals surface area contributed by atoms with Crippen LogP contribution in [0, 0.1) is 0 Å². The van der Waals surface area contributed by atoms with Crippen LogP contribution in [-0.4, -0.2) is 53.1 Å². The molecule has 20 heavy (non-hydrogen) atoms. The second-order valence-corrected chi connectivity index (χ2v) is 6.04.